The Kier molecular flexibility index (Phi) is 5.86. The van der Waals surface area contributed by atoms with Gasteiger partial charge in [-0.15, -0.1) is 0 Å². The molecule has 5 nitrogen and oxygen atoms in total. The Morgan fingerprint density at radius 1 is 1.47 bits per heavy atom. The summed E-state index contributed by atoms with van der Waals surface area (Å²) in [6, 6.07) is 5.79. The third-order valence-corrected chi connectivity index (χ3v) is 3.30. The highest BCUT2D eigenvalue weighted by atomic mass is 32.2. The second-order valence-corrected chi connectivity index (χ2v) is 6.33. The molecule has 1 rings (SSSR count). The molecular weight excluding hydrogens is 271 g/mol. The van der Waals surface area contributed by atoms with Gasteiger partial charge in [0.1, 0.15) is 5.82 Å². The van der Waals surface area contributed by atoms with Crippen LogP contribution in [-0.4, -0.2) is 51.4 Å². The van der Waals surface area contributed by atoms with Crippen molar-refractivity contribution in [1.82, 2.24) is 9.62 Å². The molecule has 0 fully saturated rings. The Morgan fingerprint density at radius 3 is 2.74 bits per heavy atom. The molecule has 1 aromatic rings. The molecule has 0 heterocycles. The Balaban J connectivity index is 2.42. The Labute approximate surface area is 113 Å². The third-order valence-electron chi connectivity index (χ3n) is 2.58. The first-order chi connectivity index (χ1) is 8.78. The minimum absolute atomic E-state index is 0.269. The van der Waals surface area contributed by atoms with Crippen molar-refractivity contribution in [2.45, 2.75) is 6.10 Å². The van der Waals surface area contributed by atoms with E-state index in [0.29, 0.717) is 18.7 Å². The maximum Gasteiger partial charge on any atom is 0.208 e. The SMILES string of the molecule is CN(CCNS(C)(=O)=O)C[C@@H](O)c1cccc(F)c1. The number of hydrogen-bond donors (Lipinski definition) is 2. The van der Waals surface area contributed by atoms with Gasteiger partial charge in [-0.3, -0.25) is 0 Å². The zero-order chi connectivity index (χ0) is 14.5. The molecule has 0 saturated heterocycles. The molecule has 0 spiro atoms. The fraction of sp³-hybridized carbons (Fsp3) is 0.500. The summed E-state index contributed by atoms with van der Waals surface area (Å²) in [6.45, 7) is 1.03. The molecule has 0 unspecified atom stereocenters. The van der Waals surface area contributed by atoms with Crippen LogP contribution in [0, 0.1) is 5.82 Å². The maximum atomic E-state index is 13.0. The molecule has 0 aliphatic carbocycles. The van der Waals surface area contributed by atoms with Crippen molar-refractivity contribution in [3.63, 3.8) is 0 Å². The van der Waals surface area contributed by atoms with Crippen molar-refractivity contribution in [1.29, 1.82) is 0 Å². The van der Waals surface area contributed by atoms with Crippen LogP contribution in [0.1, 0.15) is 11.7 Å². The molecule has 0 aliphatic heterocycles. The molecule has 0 aliphatic rings. The Hall–Kier alpha value is -1.02. The number of benzene rings is 1. The quantitative estimate of drug-likeness (QED) is 0.760. The highest BCUT2D eigenvalue weighted by Crippen LogP contribution is 2.14. The van der Waals surface area contributed by atoms with Crippen LogP contribution in [0.25, 0.3) is 0 Å². The normalized spacial score (nSPS) is 13.7. The fourth-order valence-electron chi connectivity index (χ4n) is 1.63. The first-order valence-electron chi connectivity index (χ1n) is 5.84. The van der Waals surface area contributed by atoms with Gasteiger partial charge in [-0.05, 0) is 24.7 Å². The number of aliphatic hydroxyl groups is 1. The molecular formula is C12H19FN2O3S. The van der Waals surface area contributed by atoms with E-state index in [1.54, 1.807) is 24.1 Å². The van der Waals surface area contributed by atoms with Crippen LogP contribution >= 0.6 is 0 Å². The predicted molar refractivity (Wildman–Crippen MR) is 71.7 cm³/mol. The van der Waals surface area contributed by atoms with Gasteiger partial charge in [0.2, 0.25) is 10.0 Å². The molecule has 19 heavy (non-hydrogen) atoms. The summed E-state index contributed by atoms with van der Waals surface area (Å²) in [6.07, 6.45) is 0.285. The van der Waals surface area contributed by atoms with Gasteiger partial charge < -0.3 is 10.0 Å². The van der Waals surface area contributed by atoms with Gasteiger partial charge in [0, 0.05) is 19.6 Å². The number of aliphatic hydroxyl groups excluding tert-OH is 1. The number of likely N-dealkylation sites (N-methyl/N-ethyl adjacent to an activating group) is 1. The van der Waals surface area contributed by atoms with E-state index < -0.39 is 21.9 Å². The molecule has 2 N–H and O–H groups in total. The van der Waals surface area contributed by atoms with Crippen molar-refractivity contribution < 1.29 is 17.9 Å². The highest BCUT2D eigenvalue weighted by molar-refractivity contribution is 7.88. The Morgan fingerprint density at radius 2 is 2.16 bits per heavy atom. The zero-order valence-corrected chi connectivity index (χ0v) is 11.8. The first-order valence-corrected chi connectivity index (χ1v) is 7.74. The second kappa shape index (κ2) is 6.95. The second-order valence-electron chi connectivity index (χ2n) is 4.50. The number of nitrogens with zero attached hydrogens (tertiary/aromatic N) is 1. The number of sulfonamides is 1. The fourth-order valence-corrected chi connectivity index (χ4v) is 2.09. The zero-order valence-electron chi connectivity index (χ0n) is 11.0. The van der Waals surface area contributed by atoms with E-state index in [9.17, 15) is 17.9 Å². The summed E-state index contributed by atoms with van der Waals surface area (Å²) in [5, 5.41) is 9.93. The van der Waals surface area contributed by atoms with Gasteiger partial charge in [0.15, 0.2) is 0 Å². The number of nitrogens with one attached hydrogen (secondary N) is 1. The first kappa shape index (κ1) is 16.0. The standard InChI is InChI=1S/C12H19FN2O3S/c1-15(7-6-14-19(2,17)18)9-12(16)10-4-3-5-11(13)8-10/h3-5,8,12,14,16H,6-7,9H2,1-2H3/t12-/m1/s1. The average Bonchev–Trinajstić information content (AvgIpc) is 2.27. The number of hydrogen-bond acceptors (Lipinski definition) is 4. The van der Waals surface area contributed by atoms with E-state index in [2.05, 4.69) is 4.72 Å². The molecule has 108 valence electrons. The third kappa shape index (κ3) is 6.63. The lowest BCUT2D eigenvalue weighted by molar-refractivity contribution is 0.127. The van der Waals surface area contributed by atoms with Crippen molar-refractivity contribution in [3.05, 3.63) is 35.6 Å². The van der Waals surface area contributed by atoms with E-state index in [4.69, 9.17) is 0 Å². The largest absolute Gasteiger partial charge is 0.387 e. The number of halogens is 1. The molecule has 7 heteroatoms. The molecule has 0 radical (unpaired) electrons. The molecule has 0 saturated carbocycles. The molecule has 0 amide bonds. The van der Waals surface area contributed by atoms with Crippen molar-refractivity contribution >= 4 is 10.0 Å². The van der Waals surface area contributed by atoms with E-state index >= 15 is 0 Å². The van der Waals surface area contributed by atoms with Crippen LogP contribution in [0.3, 0.4) is 0 Å². The van der Waals surface area contributed by atoms with E-state index in [1.165, 1.54) is 12.1 Å². The van der Waals surface area contributed by atoms with Crippen LogP contribution in [0.4, 0.5) is 4.39 Å². The summed E-state index contributed by atoms with van der Waals surface area (Å²) >= 11 is 0. The number of rotatable bonds is 7. The molecule has 0 aromatic heterocycles. The average molecular weight is 290 g/mol. The molecule has 1 atom stereocenters. The van der Waals surface area contributed by atoms with Gasteiger partial charge in [-0.2, -0.15) is 0 Å². The minimum atomic E-state index is -3.19. The van der Waals surface area contributed by atoms with Crippen LogP contribution in [0.2, 0.25) is 0 Å². The smallest absolute Gasteiger partial charge is 0.208 e. The topological polar surface area (TPSA) is 69.6 Å². The van der Waals surface area contributed by atoms with E-state index in [0.717, 1.165) is 6.26 Å². The predicted octanol–water partition coefficient (Wildman–Crippen LogP) is 0.340. The van der Waals surface area contributed by atoms with Gasteiger partial charge in [0.25, 0.3) is 0 Å². The van der Waals surface area contributed by atoms with Gasteiger partial charge in [-0.25, -0.2) is 17.5 Å². The van der Waals surface area contributed by atoms with Crippen LogP contribution < -0.4 is 4.72 Å². The van der Waals surface area contributed by atoms with Crippen molar-refractivity contribution in [2.75, 3.05) is 32.9 Å². The maximum absolute atomic E-state index is 13.0. The summed E-state index contributed by atoms with van der Waals surface area (Å²) < 4.78 is 37.1. The lowest BCUT2D eigenvalue weighted by Gasteiger charge is -2.20. The van der Waals surface area contributed by atoms with E-state index in [1.807, 2.05) is 0 Å². The monoisotopic (exact) mass is 290 g/mol. The molecule has 0 bridgehead atoms. The molecule has 1 aromatic carbocycles. The van der Waals surface area contributed by atoms with Crippen LogP contribution in [0.15, 0.2) is 24.3 Å². The van der Waals surface area contributed by atoms with Crippen molar-refractivity contribution in [2.24, 2.45) is 0 Å². The van der Waals surface area contributed by atoms with Gasteiger partial charge in [-0.1, -0.05) is 12.1 Å². The summed E-state index contributed by atoms with van der Waals surface area (Å²) in [5.74, 6) is -0.391. The van der Waals surface area contributed by atoms with Crippen LogP contribution in [-0.2, 0) is 10.0 Å². The van der Waals surface area contributed by atoms with Crippen LogP contribution in [0.5, 0.6) is 0 Å². The van der Waals surface area contributed by atoms with E-state index in [-0.39, 0.29) is 6.54 Å². The lowest BCUT2D eigenvalue weighted by atomic mass is 10.1. The highest BCUT2D eigenvalue weighted by Gasteiger charge is 2.11. The summed E-state index contributed by atoms with van der Waals surface area (Å²) in [5.41, 5.74) is 0.503. The van der Waals surface area contributed by atoms with Gasteiger partial charge >= 0.3 is 0 Å². The lowest BCUT2D eigenvalue weighted by Crippen LogP contribution is -2.34. The summed E-state index contributed by atoms with van der Waals surface area (Å²) in [7, 11) is -1.44. The Bertz CT molecular complexity index is 507. The van der Waals surface area contributed by atoms with Crippen molar-refractivity contribution in [3.8, 4) is 0 Å². The summed E-state index contributed by atoms with van der Waals surface area (Å²) in [4.78, 5) is 1.77. The minimum Gasteiger partial charge on any atom is -0.387 e. The van der Waals surface area contributed by atoms with Gasteiger partial charge in [0.05, 0.1) is 12.4 Å².